The average molecular weight is 276 g/mol. The number of ether oxygens (including phenoxy) is 1. The van der Waals surface area contributed by atoms with Gasteiger partial charge < -0.3 is 15.4 Å². The molecular formula is C16H24N2O2. The third-order valence-corrected chi connectivity index (χ3v) is 3.65. The zero-order valence-electron chi connectivity index (χ0n) is 12.7. The first-order valence-corrected chi connectivity index (χ1v) is 7.16. The molecule has 0 saturated heterocycles. The Morgan fingerprint density at radius 2 is 2.15 bits per heavy atom. The second-order valence-electron chi connectivity index (χ2n) is 6.12. The van der Waals surface area contributed by atoms with Crippen molar-refractivity contribution >= 4 is 5.91 Å². The number of fused-ring (bicyclic) bond motifs is 1. The van der Waals surface area contributed by atoms with Gasteiger partial charge in [0.1, 0.15) is 11.4 Å². The minimum absolute atomic E-state index is 0.0155. The summed E-state index contributed by atoms with van der Waals surface area (Å²) in [5.74, 6) is 0.908. The van der Waals surface area contributed by atoms with Crippen LogP contribution in [0.5, 0.6) is 5.75 Å². The van der Waals surface area contributed by atoms with Crippen LogP contribution < -0.4 is 15.4 Å². The highest BCUT2D eigenvalue weighted by atomic mass is 16.5. The maximum atomic E-state index is 12.2. The van der Waals surface area contributed by atoms with Crippen LogP contribution in [-0.2, 0) is 4.79 Å². The zero-order valence-corrected chi connectivity index (χ0v) is 12.7. The van der Waals surface area contributed by atoms with Gasteiger partial charge in [-0.25, -0.2) is 0 Å². The van der Waals surface area contributed by atoms with E-state index in [1.165, 1.54) is 0 Å². The smallest absolute Gasteiger partial charge is 0.224 e. The molecule has 0 aliphatic carbocycles. The lowest BCUT2D eigenvalue weighted by Gasteiger charge is -2.38. The molecule has 0 radical (unpaired) electrons. The summed E-state index contributed by atoms with van der Waals surface area (Å²) in [6, 6.07) is 7.95. The summed E-state index contributed by atoms with van der Waals surface area (Å²) in [4.78, 5) is 12.2. The van der Waals surface area contributed by atoms with Gasteiger partial charge >= 0.3 is 0 Å². The Bertz CT molecular complexity index is 485. The molecule has 1 aromatic rings. The van der Waals surface area contributed by atoms with Gasteiger partial charge in [-0.05, 0) is 27.0 Å². The molecule has 4 heteroatoms. The van der Waals surface area contributed by atoms with E-state index in [-0.39, 0.29) is 23.5 Å². The Kier molecular flexibility index (Phi) is 4.33. The molecule has 4 nitrogen and oxygen atoms in total. The Morgan fingerprint density at radius 3 is 2.85 bits per heavy atom. The molecule has 1 aromatic carbocycles. The minimum atomic E-state index is -0.265. The lowest BCUT2D eigenvalue weighted by molar-refractivity contribution is -0.125. The fourth-order valence-corrected chi connectivity index (χ4v) is 2.64. The third-order valence-electron chi connectivity index (χ3n) is 3.65. The van der Waals surface area contributed by atoms with Crippen LogP contribution in [0.1, 0.15) is 38.8 Å². The summed E-state index contributed by atoms with van der Waals surface area (Å²) < 4.78 is 5.98. The van der Waals surface area contributed by atoms with Crippen molar-refractivity contribution in [3.63, 3.8) is 0 Å². The van der Waals surface area contributed by atoms with Crippen LogP contribution in [0.2, 0.25) is 0 Å². The first kappa shape index (κ1) is 14.9. The highest BCUT2D eigenvalue weighted by Gasteiger charge is 2.34. The van der Waals surface area contributed by atoms with Gasteiger partial charge in [-0.15, -0.1) is 0 Å². The number of benzene rings is 1. The Balaban J connectivity index is 2.17. The molecule has 110 valence electrons. The first-order chi connectivity index (χ1) is 9.43. The van der Waals surface area contributed by atoms with Crippen molar-refractivity contribution in [2.75, 3.05) is 13.6 Å². The normalized spacial score (nSPS) is 21.5. The highest BCUT2D eigenvalue weighted by molar-refractivity contribution is 5.79. The average Bonchev–Trinajstić information content (AvgIpc) is 2.37. The molecule has 1 heterocycles. The molecule has 0 saturated carbocycles. The Morgan fingerprint density at radius 1 is 1.45 bits per heavy atom. The number of carbonyl (C=O) groups excluding carboxylic acids is 1. The molecule has 2 N–H and O–H groups in total. The Labute approximate surface area is 120 Å². The van der Waals surface area contributed by atoms with E-state index < -0.39 is 0 Å². The second kappa shape index (κ2) is 5.83. The van der Waals surface area contributed by atoms with Gasteiger partial charge in [0.15, 0.2) is 0 Å². The van der Waals surface area contributed by atoms with Crippen molar-refractivity contribution in [2.24, 2.45) is 5.92 Å². The van der Waals surface area contributed by atoms with Crippen LogP contribution in [0.15, 0.2) is 24.3 Å². The predicted octanol–water partition coefficient (Wildman–Crippen LogP) is 2.26. The lowest BCUT2D eigenvalue weighted by atomic mass is 9.89. The van der Waals surface area contributed by atoms with Gasteiger partial charge in [-0.1, -0.05) is 25.1 Å². The highest BCUT2D eigenvalue weighted by Crippen LogP contribution is 2.39. The van der Waals surface area contributed by atoms with Gasteiger partial charge in [0, 0.05) is 24.4 Å². The number of nitrogens with one attached hydrogen (secondary N) is 2. The van der Waals surface area contributed by atoms with E-state index >= 15 is 0 Å². The van der Waals surface area contributed by atoms with Crippen LogP contribution >= 0.6 is 0 Å². The van der Waals surface area contributed by atoms with E-state index in [1.54, 1.807) is 0 Å². The fourth-order valence-electron chi connectivity index (χ4n) is 2.64. The largest absolute Gasteiger partial charge is 0.487 e. The van der Waals surface area contributed by atoms with Crippen LogP contribution in [0.25, 0.3) is 0 Å². The van der Waals surface area contributed by atoms with E-state index in [1.807, 2.05) is 38.2 Å². The molecular weight excluding hydrogens is 252 g/mol. The summed E-state index contributed by atoms with van der Waals surface area (Å²) in [5, 5.41) is 6.19. The standard InChI is InChI=1S/C16H24N2O2/c1-11(10-17-4)15(19)18-13-9-16(2,3)20-14-8-6-5-7-12(13)14/h5-8,11,13,17H,9-10H2,1-4H3,(H,18,19). The van der Waals surface area contributed by atoms with Gasteiger partial charge in [-0.2, -0.15) is 0 Å². The molecule has 2 rings (SSSR count). The number of para-hydroxylation sites is 1. The predicted molar refractivity (Wildman–Crippen MR) is 79.7 cm³/mol. The summed E-state index contributed by atoms with van der Waals surface area (Å²) in [6.45, 7) is 6.72. The molecule has 2 unspecified atom stereocenters. The maximum absolute atomic E-state index is 12.2. The molecule has 0 fully saturated rings. The van der Waals surface area contributed by atoms with Crippen LogP contribution in [0.4, 0.5) is 0 Å². The monoisotopic (exact) mass is 276 g/mol. The molecule has 20 heavy (non-hydrogen) atoms. The topological polar surface area (TPSA) is 50.4 Å². The van der Waals surface area contributed by atoms with E-state index in [2.05, 4.69) is 24.5 Å². The van der Waals surface area contributed by atoms with E-state index in [4.69, 9.17) is 4.74 Å². The summed E-state index contributed by atoms with van der Waals surface area (Å²) in [7, 11) is 1.86. The summed E-state index contributed by atoms with van der Waals surface area (Å²) in [5.41, 5.74) is 0.801. The molecule has 1 amide bonds. The molecule has 0 aromatic heterocycles. The summed E-state index contributed by atoms with van der Waals surface area (Å²) in [6.07, 6.45) is 0.780. The number of hydrogen-bond donors (Lipinski definition) is 2. The van der Waals surface area contributed by atoms with Crippen molar-refractivity contribution < 1.29 is 9.53 Å². The molecule has 0 spiro atoms. The zero-order chi connectivity index (χ0) is 14.8. The molecule has 1 aliphatic rings. The van der Waals surface area contributed by atoms with Gasteiger partial charge in [0.2, 0.25) is 5.91 Å². The molecule has 1 aliphatic heterocycles. The van der Waals surface area contributed by atoms with Crippen LogP contribution in [-0.4, -0.2) is 25.1 Å². The van der Waals surface area contributed by atoms with Crippen molar-refractivity contribution in [2.45, 2.75) is 38.8 Å². The van der Waals surface area contributed by atoms with Crippen molar-refractivity contribution in [1.29, 1.82) is 0 Å². The quantitative estimate of drug-likeness (QED) is 0.887. The Hall–Kier alpha value is -1.55. The SMILES string of the molecule is CNCC(C)C(=O)NC1CC(C)(C)Oc2ccccc21. The summed E-state index contributed by atoms with van der Waals surface area (Å²) >= 11 is 0. The molecule has 2 atom stereocenters. The van der Waals surface area contributed by atoms with Gasteiger partial charge in [-0.3, -0.25) is 4.79 Å². The lowest BCUT2D eigenvalue weighted by Crippen LogP contribution is -2.43. The van der Waals surface area contributed by atoms with E-state index in [0.717, 1.165) is 17.7 Å². The minimum Gasteiger partial charge on any atom is -0.487 e. The van der Waals surface area contributed by atoms with Gasteiger partial charge in [0.05, 0.1) is 6.04 Å². The number of hydrogen-bond acceptors (Lipinski definition) is 3. The van der Waals surface area contributed by atoms with Crippen molar-refractivity contribution in [3.8, 4) is 5.75 Å². The van der Waals surface area contributed by atoms with E-state index in [0.29, 0.717) is 6.54 Å². The molecule has 0 bridgehead atoms. The maximum Gasteiger partial charge on any atom is 0.224 e. The van der Waals surface area contributed by atoms with Crippen LogP contribution in [0.3, 0.4) is 0 Å². The van der Waals surface area contributed by atoms with Crippen molar-refractivity contribution in [3.05, 3.63) is 29.8 Å². The van der Waals surface area contributed by atoms with Crippen LogP contribution in [0, 0.1) is 5.92 Å². The van der Waals surface area contributed by atoms with Gasteiger partial charge in [0.25, 0.3) is 0 Å². The first-order valence-electron chi connectivity index (χ1n) is 7.16. The van der Waals surface area contributed by atoms with Crippen molar-refractivity contribution in [1.82, 2.24) is 10.6 Å². The number of carbonyl (C=O) groups is 1. The fraction of sp³-hybridized carbons (Fsp3) is 0.562. The number of rotatable bonds is 4. The second-order valence-corrected chi connectivity index (χ2v) is 6.12. The number of amides is 1. The van der Waals surface area contributed by atoms with E-state index in [9.17, 15) is 4.79 Å². The third kappa shape index (κ3) is 3.31.